The van der Waals surface area contributed by atoms with E-state index >= 15 is 0 Å². The lowest BCUT2D eigenvalue weighted by Crippen LogP contribution is -2.64. The van der Waals surface area contributed by atoms with E-state index in [2.05, 4.69) is 41.5 Å². The molecule has 10 nitrogen and oxygen atoms in total. The van der Waals surface area contributed by atoms with Crippen LogP contribution in [0.1, 0.15) is 69.2 Å². The van der Waals surface area contributed by atoms with Crippen molar-refractivity contribution in [1.82, 2.24) is 20.7 Å². The number of anilines is 1. The Labute approximate surface area is 229 Å². The van der Waals surface area contributed by atoms with Crippen LogP contribution in [-0.2, 0) is 6.54 Å². The standard InChI is InChI=1S/C27H36ClN7O3/c1-18(2)16-34(24-22(28)15-30-23(14-29)32-24)33-25(36)20-8-6-19(7-9-20)17-35(27(3,4)5)12-10-21(11-13-35)31-26(37)38/h6-9,15,18,21,31H,10-13,16-17H2,1-5H3,(H-,33,36,37,38)/p+1. The van der Waals surface area contributed by atoms with E-state index in [0.29, 0.717) is 12.1 Å². The number of piperidine rings is 1. The molecule has 0 aliphatic carbocycles. The quantitative estimate of drug-likeness (QED) is 0.333. The van der Waals surface area contributed by atoms with Gasteiger partial charge in [-0.05, 0) is 38.8 Å². The molecule has 3 N–H and O–H groups in total. The molecule has 1 aromatic carbocycles. The zero-order valence-electron chi connectivity index (χ0n) is 22.7. The zero-order valence-corrected chi connectivity index (χ0v) is 23.4. The van der Waals surface area contributed by atoms with Crippen LogP contribution in [0.25, 0.3) is 0 Å². The number of quaternary nitrogens is 1. The number of aromatic nitrogens is 2. The maximum absolute atomic E-state index is 13.2. The van der Waals surface area contributed by atoms with Crippen LogP contribution in [-0.4, -0.2) is 62.8 Å². The Balaban J connectivity index is 1.75. The van der Waals surface area contributed by atoms with E-state index in [1.54, 1.807) is 17.1 Å². The van der Waals surface area contributed by atoms with Gasteiger partial charge < -0.3 is 14.9 Å². The van der Waals surface area contributed by atoms with Crippen LogP contribution in [0.4, 0.5) is 10.6 Å². The Hall–Kier alpha value is -3.42. The molecule has 1 aliphatic heterocycles. The fraction of sp³-hybridized carbons (Fsp3) is 0.519. The normalized spacial score (nSPS) is 19.5. The van der Waals surface area contributed by atoms with Crippen molar-refractivity contribution in [3.8, 4) is 6.07 Å². The van der Waals surface area contributed by atoms with Gasteiger partial charge in [-0.25, -0.2) is 9.78 Å². The largest absolute Gasteiger partial charge is 0.465 e. The van der Waals surface area contributed by atoms with Crippen molar-refractivity contribution < 1.29 is 19.2 Å². The highest BCUT2D eigenvalue weighted by atomic mass is 35.5. The number of carboxylic acid groups (broad SMARTS) is 1. The Kier molecular flexibility index (Phi) is 9.18. The number of carbonyl (C=O) groups is 2. The number of amides is 2. The third-order valence-corrected chi connectivity index (χ3v) is 7.40. The third-order valence-electron chi connectivity index (χ3n) is 7.13. The topological polar surface area (TPSA) is 131 Å². The maximum atomic E-state index is 13.2. The minimum Gasteiger partial charge on any atom is -0.465 e. The molecule has 2 aromatic rings. The number of hydrogen-bond acceptors (Lipinski definition) is 6. The number of hydrogen-bond donors (Lipinski definition) is 3. The molecule has 11 heteroatoms. The lowest BCUT2D eigenvalue weighted by molar-refractivity contribution is -0.986. The molecule has 1 aliphatic rings. The minimum atomic E-state index is -0.973. The van der Waals surface area contributed by atoms with Gasteiger partial charge in [0.15, 0.2) is 5.82 Å². The van der Waals surface area contributed by atoms with Crippen LogP contribution in [0, 0.1) is 17.2 Å². The van der Waals surface area contributed by atoms with Crippen molar-refractivity contribution in [2.45, 2.75) is 65.6 Å². The number of halogens is 1. The van der Waals surface area contributed by atoms with Gasteiger partial charge in [-0.2, -0.15) is 10.2 Å². The van der Waals surface area contributed by atoms with Gasteiger partial charge >= 0.3 is 6.09 Å². The summed E-state index contributed by atoms with van der Waals surface area (Å²) in [6.45, 7) is 13.6. The van der Waals surface area contributed by atoms with E-state index in [-0.39, 0.29) is 40.1 Å². The highest BCUT2D eigenvalue weighted by molar-refractivity contribution is 6.32. The number of nitrogens with zero attached hydrogens (tertiary/aromatic N) is 5. The van der Waals surface area contributed by atoms with Crippen molar-refractivity contribution in [3.05, 3.63) is 52.4 Å². The average Bonchev–Trinajstić information content (AvgIpc) is 2.84. The van der Waals surface area contributed by atoms with Crippen LogP contribution in [0.3, 0.4) is 0 Å². The molecule has 0 atom stereocenters. The number of likely N-dealkylation sites (tertiary alicyclic amines) is 1. The first kappa shape index (κ1) is 29.1. The first-order valence-corrected chi connectivity index (χ1v) is 13.2. The first-order chi connectivity index (χ1) is 17.8. The van der Waals surface area contributed by atoms with Crippen molar-refractivity contribution >= 4 is 29.4 Å². The van der Waals surface area contributed by atoms with Crippen LogP contribution in [0.15, 0.2) is 30.5 Å². The number of benzene rings is 1. The van der Waals surface area contributed by atoms with Crippen molar-refractivity contribution in [2.75, 3.05) is 24.6 Å². The van der Waals surface area contributed by atoms with Crippen LogP contribution >= 0.6 is 11.6 Å². The van der Waals surface area contributed by atoms with Crippen LogP contribution < -0.4 is 15.8 Å². The minimum absolute atomic E-state index is 0.0198. The summed E-state index contributed by atoms with van der Waals surface area (Å²) < 4.78 is 0.839. The number of carbonyl (C=O) groups excluding carboxylic acids is 1. The Morgan fingerprint density at radius 1 is 1.24 bits per heavy atom. The molecule has 1 saturated heterocycles. The van der Waals surface area contributed by atoms with Gasteiger partial charge in [-0.3, -0.25) is 15.2 Å². The third kappa shape index (κ3) is 7.11. The second-order valence-electron chi connectivity index (χ2n) is 11.3. The summed E-state index contributed by atoms with van der Waals surface area (Å²) in [6.07, 6.45) is 1.95. The fourth-order valence-corrected chi connectivity index (χ4v) is 5.09. The lowest BCUT2D eigenvalue weighted by Gasteiger charge is -2.52. The molecule has 3 rings (SSSR count). The van der Waals surface area contributed by atoms with Gasteiger partial charge in [0.05, 0.1) is 24.8 Å². The highest BCUT2D eigenvalue weighted by Crippen LogP contribution is 2.33. The van der Waals surface area contributed by atoms with Gasteiger partial charge in [0, 0.05) is 36.6 Å². The highest BCUT2D eigenvalue weighted by Gasteiger charge is 2.43. The summed E-state index contributed by atoms with van der Waals surface area (Å²) in [5.41, 5.74) is 4.45. The summed E-state index contributed by atoms with van der Waals surface area (Å²) >= 11 is 6.30. The fourth-order valence-electron chi connectivity index (χ4n) is 4.90. The Morgan fingerprint density at radius 3 is 2.39 bits per heavy atom. The zero-order chi connectivity index (χ0) is 28.1. The lowest BCUT2D eigenvalue weighted by atomic mass is 9.91. The number of nitrogens with one attached hydrogen (secondary N) is 2. The summed E-state index contributed by atoms with van der Waals surface area (Å²) in [5.74, 6) is 0.108. The monoisotopic (exact) mass is 542 g/mol. The van der Waals surface area contributed by atoms with Gasteiger partial charge in [-0.15, -0.1) is 0 Å². The molecule has 0 saturated carbocycles. The molecule has 1 fully saturated rings. The molecule has 0 bridgehead atoms. The van der Waals surface area contributed by atoms with Gasteiger partial charge in [0.1, 0.15) is 17.6 Å². The van der Waals surface area contributed by atoms with E-state index in [9.17, 15) is 14.9 Å². The van der Waals surface area contributed by atoms with E-state index < -0.39 is 6.09 Å². The summed E-state index contributed by atoms with van der Waals surface area (Å²) in [6, 6.07) is 9.43. The van der Waals surface area contributed by atoms with Crippen molar-refractivity contribution in [2.24, 2.45) is 5.92 Å². The smallest absolute Gasteiger partial charge is 0.404 e. The maximum Gasteiger partial charge on any atom is 0.404 e. The Bertz CT molecular complexity index is 1180. The van der Waals surface area contributed by atoms with E-state index in [1.807, 2.05) is 32.0 Å². The first-order valence-electron chi connectivity index (χ1n) is 12.8. The molecule has 0 radical (unpaired) electrons. The molecule has 0 unspecified atom stereocenters. The molecule has 2 amide bonds. The van der Waals surface area contributed by atoms with E-state index in [0.717, 1.165) is 42.5 Å². The second kappa shape index (κ2) is 12.0. The van der Waals surface area contributed by atoms with Gasteiger partial charge in [0.25, 0.3) is 5.91 Å². The van der Waals surface area contributed by atoms with Crippen molar-refractivity contribution in [3.63, 3.8) is 0 Å². The molecular weight excluding hydrogens is 506 g/mol. The molecule has 1 aromatic heterocycles. The second-order valence-corrected chi connectivity index (χ2v) is 11.7. The SMILES string of the molecule is CC(C)CN(NC(=O)c1ccc(C[N+]2(C(C)(C)C)CCC(NC(=O)O)CC2)cc1)c1nc(C#N)ncc1Cl. The summed E-state index contributed by atoms with van der Waals surface area (Å²) in [5, 5.41) is 22.7. The van der Waals surface area contributed by atoms with Gasteiger partial charge in [0.2, 0.25) is 5.82 Å². The average molecular weight is 543 g/mol. The predicted molar refractivity (Wildman–Crippen MR) is 145 cm³/mol. The van der Waals surface area contributed by atoms with Crippen LogP contribution in [0.5, 0.6) is 0 Å². The van der Waals surface area contributed by atoms with Crippen molar-refractivity contribution in [1.29, 1.82) is 5.26 Å². The number of nitriles is 1. The van der Waals surface area contributed by atoms with Gasteiger partial charge in [-0.1, -0.05) is 37.6 Å². The van der Waals surface area contributed by atoms with E-state index in [1.165, 1.54) is 6.20 Å². The molecule has 38 heavy (non-hydrogen) atoms. The summed E-state index contributed by atoms with van der Waals surface area (Å²) in [7, 11) is 0. The number of hydrazine groups is 1. The predicted octanol–water partition coefficient (Wildman–Crippen LogP) is 4.35. The molecule has 2 heterocycles. The molecule has 0 spiro atoms. The Morgan fingerprint density at radius 2 is 1.87 bits per heavy atom. The summed E-state index contributed by atoms with van der Waals surface area (Å²) in [4.78, 5) is 32.3. The molecule has 204 valence electrons. The molecular formula is C27H37ClN7O3+. The van der Waals surface area contributed by atoms with Crippen LogP contribution in [0.2, 0.25) is 5.02 Å². The van der Waals surface area contributed by atoms with E-state index in [4.69, 9.17) is 16.7 Å². The number of rotatable bonds is 8.